The molecule has 2 N–H and O–H groups in total. The van der Waals surface area contributed by atoms with E-state index in [-0.39, 0.29) is 29.8 Å². The van der Waals surface area contributed by atoms with E-state index in [1.807, 2.05) is 19.9 Å². The zero-order chi connectivity index (χ0) is 20.2. The Kier molecular flexibility index (Phi) is 6.98. The molecule has 1 heterocycles. The molecule has 27 heavy (non-hydrogen) atoms. The summed E-state index contributed by atoms with van der Waals surface area (Å²) in [7, 11) is 0. The summed E-state index contributed by atoms with van der Waals surface area (Å²) in [5, 5.41) is 0. The highest BCUT2D eigenvalue weighted by Crippen LogP contribution is 2.47. The van der Waals surface area contributed by atoms with Crippen molar-refractivity contribution in [1.82, 2.24) is 4.90 Å². The number of carbonyl (C=O) groups is 2. The van der Waals surface area contributed by atoms with Crippen LogP contribution in [0.4, 0.5) is 4.39 Å². The Bertz CT molecular complexity index is 673. The van der Waals surface area contributed by atoms with Gasteiger partial charge in [0.25, 0.3) is 0 Å². The zero-order valence-corrected chi connectivity index (χ0v) is 16.7. The summed E-state index contributed by atoms with van der Waals surface area (Å²) < 4.78 is 19.2. The number of amides is 1. The predicted molar refractivity (Wildman–Crippen MR) is 102 cm³/mol. The van der Waals surface area contributed by atoms with Crippen molar-refractivity contribution in [3.8, 4) is 0 Å². The van der Waals surface area contributed by atoms with Crippen molar-refractivity contribution < 1.29 is 18.7 Å². The van der Waals surface area contributed by atoms with Crippen LogP contribution < -0.4 is 5.73 Å². The lowest BCUT2D eigenvalue weighted by Gasteiger charge is -2.42. The molecule has 1 aromatic carbocycles. The average molecular weight is 378 g/mol. The van der Waals surface area contributed by atoms with Crippen LogP contribution in [0.1, 0.15) is 65.0 Å². The molecule has 2 rings (SSSR count). The lowest BCUT2D eigenvalue weighted by atomic mass is 9.74. The average Bonchev–Trinajstić information content (AvgIpc) is 3.08. The van der Waals surface area contributed by atoms with E-state index in [2.05, 4.69) is 0 Å². The third-order valence-electron chi connectivity index (χ3n) is 5.84. The summed E-state index contributed by atoms with van der Waals surface area (Å²) in [5.41, 5.74) is 5.87. The Morgan fingerprint density at radius 1 is 1.30 bits per heavy atom. The Labute approximate surface area is 161 Å². The van der Waals surface area contributed by atoms with Gasteiger partial charge in [0.1, 0.15) is 5.82 Å². The smallest absolute Gasteiger partial charge is 0.314 e. The predicted octanol–water partition coefficient (Wildman–Crippen LogP) is 3.57. The number of carbonyl (C=O) groups excluding carboxylic acids is 2. The number of nitrogens with zero attached hydrogens (tertiary/aromatic N) is 1. The van der Waals surface area contributed by atoms with Crippen molar-refractivity contribution in [2.24, 2.45) is 11.1 Å². The number of rotatable bonds is 7. The molecule has 5 nitrogen and oxygen atoms in total. The number of likely N-dealkylation sites (tertiary alicyclic amines) is 1. The number of hydrogen-bond acceptors (Lipinski definition) is 4. The minimum Gasteiger partial charge on any atom is -0.466 e. The van der Waals surface area contributed by atoms with E-state index >= 15 is 0 Å². The molecule has 1 amide bonds. The van der Waals surface area contributed by atoms with E-state index in [1.165, 1.54) is 12.1 Å². The van der Waals surface area contributed by atoms with Gasteiger partial charge in [0, 0.05) is 6.04 Å². The third kappa shape index (κ3) is 4.00. The minimum atomic E-state index is -0.789. The van der Waals surface area contributed by atoms with Gasteiger partial charge in [-0.15, -0.1) is 0 Å². The number of nitrogens with two attached hydrogens (primary N) is 1. The number of benzene rings is 1. The summed E-state index contributed by atoms with van der Waals surface area (Å²) >= 11 is 0. The molecule has 0 saturated carbocycles. The molecule has 150 valence electrons. The van der Waals surface area contributed by atoms with Crippen molar-refractivity contribution in [3.63, 3.8) is 0 Å². The summed E-state index contributed by atoms with van der Waals surface area (Å²) in [6, 6.07) is 4.99. The molecule has 1 fully saturated rings. The van der Waals surface area contributed by atoms with E-state index in [9.17, 15) is 14.0 Å². The van der Waals surface area contributed by atoms with E-state index in [0.29, 0.717) is 32.3 Å². The third-order valence-corrected chi connectivity index (χ3v) is 5.84. The molecule has 0 aliphatic carbocycles. The molecule has 1 aliphatic rings. The summed E-state index contributed by atoms with van der Waals surface area (Å²) in [5.74, 6) is -0.837. The quantitative estimate of drug-likeness (QED) is 0.736. The van der Waals surface area contributed by atoms with Crippen LogP contribution in [0.25, 0.3) is 0 Å². The van der Waals surface area contributed by atoms with Crippen LogP contribution in [0.3, 0.4) is 0 Å². The molecule has 1 aromatic rings. The monoisotopic (exact) mass is 378 g/mol. The van der Waals surface area contributed by atoms with Gasteiger partial charge in [-0.1, -0.05) is 26.0 Å². The molecule has 6 heteroatoms. The summed E-state index contributed by atoms with van der Waals surface area (Å²) in [4.78, 5) is 27.7. The van der Waals surface area contributed by atoms with Gasteiger partial charge in [0.2, 0.25) is 5.91 Å². The highest BCUT2D eigenvalue weighted by Gasteiger charge is 2.53. The van der Waals surface area contributed by atoms with Crippen LogP contribution in [0.15, 0.2) is 24.3 Å². The van der Waals surface area contributed by atoms with Crippen LogP contribution in [-0.2, 0) is 14.3 Å². The Hall–Kier alpha value is -1.95. The molecule has 0 spiro atoms. The number of ether oxygens (including phenoxy) is 1. The Morgan fingerprint density at radius 3 is 2.48 bits per heavy atom. The second-order valence-corrected chi connectivity index (χ2v) is 7.28. The van der Waals surface area contributed by atoms with E-state index < -0.39 is 11.5 Å². The van der Waals surface area contributed by atoms with Crippen molar-refractivity contribution in [2.45, 2.75) is 71.5 Å². The normalized spacial score (nSPS) is 21.2. The van der Waals surface area contributed by atoms with E-state index in [4.69, 9.17) is 10.5 Å². The first-order valence-electron chi connectivity index (χ1n) is 9.82. The molecule has 0 unspecified atom stereocenters. The fourth-order valence-electron chi connectivity index (χ4n) is 4.36. The molecule has 3 atom stereocenters. The molecule has 0 aromatic heterocycles. The van der Waals surface area contributed by atoms with Gasteiger partial charge in [-0.2, -0.15) is 0 Å². The Balaban J connectivity index is 2.51. The number of halogens is 1. The Morgan fingerprint density at radius 2 is 1.96 bits per heavy atom. The molecule has 0 radical (unpaired) electrons. The summed E-state index contributed by atoms with van der Waals surface area (Å²) in [6.07, 6.45) is 2.44. The molecule has 1 aliphatic heterocycles. The molecular weight excluding hydrogens is 347 g/mol. The fraction of sp³-hybridized carbons (Fsp3) is 0.619. The molecule has 1 saturated heterocycles. The van der Waals surface area contributed by atoms with Crippen LogP contribution in [-0.4, -0.2) is 35.5 Å². The number of esters is 1. The SMILES string of the molecule is CCOC(=O)C(CC)(CC)[C@H]1CC[C@@H](c2cccc(F)c2)N1C(=O)[C@@H](C)N. The zero-order valence-electron chi connectivity index (χ0n) is 16.7. The van der Waals surface area contributed by atoms with Gasteiger partial charge in [-0.25, -0.2) is 4.39 Å². The maximum atomic E-state index is 13.8. The van der Waals surface area contributed by atoms with Gasteiger partial charge in [0.05, 0.1) is 24.1 Å². The maximum absolute atomic E-state index is 13.8. The second-order valence-electron chi connectivity index (χ2n) is 7.28. The van der Waals surface area contributed by atoms with E-state index in [1.54, 1.807) is 24.8 Å². The van der Waals surface area contributed by atoms with Gasteiger partial charge in [0.15, 0.2) is 0 Å². The topological polar surface area (TPSA) is 72.6 Å². The van der Waals surface area contributed by atoms with Crippen molar-refractivity contribution >= 4 is 11.9 Å². The number of hydrogen-bond donors (Lipinski definition) is 1. The van der Waals surface area contributed by atoms with Crippen LogP contribution in [0.2, 0.25) is 0 Å². The molecule has 0 bridgehead atoms. The van der Waals surface area contributed by atoms with Crippen molar-refractivity contribution in [3.05, 3.63) is 35.6 Å². The van der Waals surface area contributed by atoms with Gasteiger partial charge in [-0.05, 0) is 57.2 Å². The minimum absolute atomic E-state index is 0.220. The van der Waals surface area contributed by atoms with Gasteiger partial charge in [-0.3, -0.25) is 9.59 Å². The first-order chi connectivity index (χ1) is 12.8. The maximum Gasteiger partial charge on any atom is 0.314 e. The molecular formula is C21H31FN2O3. The standard InChI is InChI=1S/C21H31FN2O3/c1-5-21(6-2,20(26)27-7-3)18-12-11-17(24(18)19(25)14(4)23)15-9-8-10-16(22)13-15/h8-10,13-14,17-18H,5-7,11-12,23H2,1-4H3/t14-,17+,18-/m1/s1. The fourth-order valence-corrected chi connectivity index (χ4v) is 4.36. The lowest BCUT2D eigenvalue weighted by Crippen LogP contribution is -2.54. The van der Waals surface area contributed by atoms with Gasteiger partial charge >= 0.3 is 5.97 Å². The van der Waals surface area contributed by atoms with Crippen LogP contribution in [0, 0.1) is 11.2 Å². The van der Waals surface area contributed by atoms with E-state index in [0.717, 1.165) is 5.56 Å². The van der Waals surface area contributed by atoms with Crippen LogP contribution >= 0.6 is 0 Å². The lowest BCUT2D eigenvalue weighted by molar-refractivity contribution is -0.163. The van der Waals surface area contributed by atoms with Crippen LogP contribution in [0.5, 0.6) is 0 Å². The largest absolute Gasteiger partial charge is 0.466 e. The first kappa shape index (κ1) is 21.4. The highest BCUT2D eigenvalue weighted by atomic mass is 19.1. The second kappa shape index (κ2) is 8.83. The van der Waals surface area contributed by atoms with Crippen molar-refractivity contribution in [2.75, 3.05) is 6.61 Å². The highest BCUT2D eigenvalue weighted by molar-refractivity contribution is 5.84. The van der Waals surface area contributed by atoms with Crippen molar-refractivity contribution in [1.29, 1.82) is 0 Å². The first-order valence-corrected chi connectivity index (χ1v) is 9.82. The summed E-state index contributed by atoms with van der Waals surface area (Å²) in [6.45, 7) is 7.62. The van der Waals surface area contributed by atoms with Gasteiger partial charge < -0.3 is 15.4 Å².